The molecule has 1 saturated carbocycles. The van der Waals surface area contributed by atoms with E-state index < -0.39 is 12.0 Å². The molecule has 1 aliphatic rings. The number of carbonyl (C=O) groups is 2. The van der Waals surface area contributed by atoms with E-state index in [2.05, 4.69) is 21.2 Å². The molecule has 108 valence electrons. The van der Waals surface area contributed by atoms with Gasteiger partial charge in [-0.1, -0.05) is 47.3 Å². The second kappa shape index (κ2) is 6.88. The van der Waals surface area contributed by atoms with Gasteiger partial charge in [0.25, 0.3) is 0 Å². The number of carbonyl (C=O) groups excluding carboxylic acids is 1. The zero-order valence-electron chi connectivity index (χ0n) is 11.1. The van der Waals surface area contributed by atoms with Crippen molar-refractivity contribution in [3.05, 3.63) is 34.3 Å². The van der Waals surface area contributed by atoms with Crippen LogP contribution in [0.4, 0.5) is 0 Å². The van der Waals surface area contributed by atoms with Crippen molar-refractivity contribution in [3.8, 4) is 0 Å². The van der Waals surface area contributed by atoms with Crippen LogP contribution in [0.1, 0.15) is 43.7 Å². The number of hydrogen-bond acceptors (Lipinski definition) is 2. The monoisotopic (exact) mass is 339 g/mol. The fraction of sp³-hybridized carbons (Fsp3) is 0.467. The molecule has 0 saturated heterocycles. The topological polar surface area (TPSA) is 66.4 Å². The maximum absolute atomic E-state index is 11.9. The first kappa shape index (κ1) is 15.0. The molecule has 0 radical (unpaired) electrons. The van der Waals surface area contributed by atoms with Crippen LogP contribution in [-0.2, 0) is 9.59 Å². The molecule has 0 aliphatic heterocycles. The van der Waals surface area contributed by atoms with Crippen LogP contribution < -0.4 is 5.32 Å². The fourth-order valence-electron chi connectivity index (χ4n) is 2.29. The lowest BCUT2D eigenvalue weighted by atomic mass is 9.82. The summed E-state index contributed by atoms with van der Waals surface area (Å²) < 4.78 is 0.877. The minimum Gasteiger partial charge on any atom is -0.479 e. The average Bonchev–Trinajstić information content (AvgIpc) is 2.35. The van der Waals surface area contributed by atoms with Gasteiger partial charge in [0.2, 0.25) is 5.91 Å². The van der Waals surface area contributed by atoms with Crippen LogP contribution in [0.15, 0.2) is 28.7 Å². The van der Waals surface area contributed by atoms with Gasteiger partial charge in [0.1, 0.15) is 0 Å². The molecule has 1 unspecified atom stereocenters. The minimum absolute atomic E-state index is 0.188. The van der Waals surface area contributed by atoms with Crippen LogP contribution in [-0.4, -0.2) is 17.0 Å². The third-order valence-electron chi connectivity index (χ3n) is 3.76. The predicted molar refractivity (Wildman–Crippen MR) is 79.2 cm³/mol. The molecule has 1 fully saturated rings. The molecule has 2 rings (SSSR count). The third kappa shape index (κ3) is 4.07. The number of carboxylic acids is 1. The molecule has 0 aromatic heterocycles. The molecular weight excluding hydrogens is 322 g/mol. The highest BCUT2D eigenvalue weighted by Crippen LogP contribution is 2.30. The number of nitrogens with one attached hydrogen (secondary N) is 1. The predicted octanol–water partition coefficient (Wildman–Crippen LogP) is 3.27. The minimum atomic E-state index is -1.04. The second-order valence-corrected chi connectivity index (χ2v) is 6.14. The van der Waals surface area contributed by atoms with E-state index in [9.17, 15) is 14.7 Å². The van der Waals surface area contributed by atoms with E-state index >= 15 is 0 Å². The number of benzene rings is 1. The highest BCUT2D eigenvalue weighted by atomic mass is 79.9. The molecule has 0 spiro atoms. The summed E-state index contributed by atoms with van der Waals surface area (Å²) in [6.45, 7) is 0. The Kier molecular flexibility index (Phi) is 5.17. The maximum atomic E-state index is 11.9. The van der Waals surface area contributed by atoms with Crippen LogP contribution in [0.25, 0.3) is 0 Å². The number of aliphatic carboxylic acids is 1. The summed E-state index contributed by atoms with van der Waals surface area (Å²) in [5, 5.41) is 11.9. The van der Waals surface area contributed by atoms with Crippen molar-refractivity contribution in [1.29, 1.82) is 0 Å². The van der Waals surface area contributed by atoms with Gasteiger partial charge >= 0.3 is 5.97 Å². The summed E-state index contributed by atoms with van der Waals surface area (Å²) >= 11 is 3.30. The van der Waals surface area contributed by atoms with Gasteiger partial charge in [-0.25, -0.2) is 4.79 Å². The van der Waals surface area contributed by atoms with E-state index in [0.29, 0.717) is 17.9 Å². The van der Waals surface area contributed by atoms with Gasteiger partial charge in [0.15, 0.2) is 6.04 Å². The van der Waals surface area contributed by atoms with E-state index in [4.69, 9.17) is 0 Å². The summed E-state index contributed by atoms with van der Waals surface area (Å²) in [6, 6.07) is 5.97. The molecule has 1 aromatic carbocycles. The molecule has 20 heavy (non-hydrogen) atoms. The smallest absolute Gasteiger partial charge is 0.330 e. The lowest BCUT2D eigenvalue weighted by molar-refractivity contribution is -0.142. The molecule has 0 bridgehead atoms. The van der Waals surface area contributed by atoms with Gasteiger partial charge in [-0.2, -0.15) is 0 Å². The first-order valence-corrected chi connectivity index (χ1v) is 7.63. The quantitative estimate of drug-likeness (QED) is 0.835. The second-order valence-electron chi connectivity index (χ2n) is 5.23. The lowest BCUT2D eigenvalue weighted by Crippen LogP contribution is -2.34. The van der Waals surface area contributed by atoms with Crippen molar-refractivity contribution in [2.24, 2.45) is 5.92 Å². The lowest BCUT2D eigenvalue weighted by Gasteiger charge is -2.25. The molecule has 1 aromatic rings. The molecule has 2 N–H and O–H groups in total. The summed E-state index contributed by atoms with van der Waals surface area (Å²) in [5.74, 6) is -0.576. The van der Waals surface area contributed by atoms with Crippen molar-refractivity contribution >= 4 is 27.8 Å². The Labute approximate surface area is 126 Å². The molecule has 1 atom stereocenters. The van der Waals surface area contributed by atoms with E-state index in [0.717, 1.165) is 10.9 Å². The third-order valence-corrected chi connectivity index (χ3v) is 4.29. The molecule has 4 nitrogen and oxygen atoms in total. The van der Waals surface area contributed by atoms with Gasteiger partial charge in [0, 0.05) is 10.9 Å². The molecular formula is C15H18BrNO3. The summed E-state index contributed by atoms with van der Waals surface area (Å²) in [5.41, 5.74) is 0.581. The van der Waals surface area contributed by atoms with Gasteiger partial charge in [-0.3, -0.25) is 4.79 Å². The molecule has 1 amide bonds. The Morgan fingerprint density at radius 2 is 1.95 bits per heavy atom. The first-order valence-electron chi connectivity index (χ1n) is 6.84. The normalized spacial score (nSPS) is 16.2. The Bertz CT molecular complexity index is 482. The van der Waals surface area contributed by atoms with E-state index in [1.165, 1.54) is 19.3 Å². The van der Waals surface area contributed by atoms with Crippen molar-refractivity contribution < 1.29 is 14.7 Å². The Hall–Kier alpha value is -1.36. The molecule has 1 aliphatic carbocycles. The SMILES string of the molecule is O=C(CCC1CCC1)NC(C(=O)O)c1ccc(Br)cc1. The van der Waals surface area contributed by atoms with Crippen LogP contribution >= 0.6 is 15.9 Å². The highest BCUT2D eigenvalue weighted by Gasteiger charge is 2.23. The summed E-state index contributed by atoms with van der Waals surface area (Å²) in [6.07, 6.45) is 4.91. The van der Waals surface area contributed by atoms with Gasteiger partial charge in [-0.15, -0.1) is 0 Å². The van der Waals surface area contributed by atoms with E-state index in [1.54, 1.807) is 24.3 Å². The van der Waals surface area contributed by atoms with Gasteiger partial charge in [0.05, 0.1) is 0 Å². The number of carboxylic acid groups (broad SMARTS) is 1. The maximum Gasteiger partial charge on any atom is 0.330 e. The standard InChI is InChI=1S/C15H18BrNO3/c16-12-7-5-11(6-8-12)14(15(19)20)17-13(18)9-4-10-2-1-3-10/h5-8,10,14H,1-4,9H2,(H,17,18)(H,19,20). The van der Waals surface area contributed by atoms with Crippen LogP contribution in [0.3, 0.4) is 0 Å². The van der Waals surface area contributed by atoms with Gasteiger partial charge in [-0.05, 0) is 30.0 Å². The zero-order chi connectivity index (χ0) is 14.5. The van der Waals surface area contributed by atoms with Crippen molar-refractivity contribution in [3.63, 3.8) is 0 Å². The van der Waals surface area contributed by atoms with Crippen molar-refractivity contribution in [1.82, 2.24) is 5.32 Å². The van der Waals surface area contributed by atoms with E-state index in [-0.39, 0.29) is 5.91 Å². The molecule has 0 heterocycles. The Morgan fingerprint density at radius 3 is 2.45 bits per heavy atom. The summed E-state index contributed by atoms with van der Waals surface area (Å²) in [7, 11) is 0. The van der Waals surface area contributed by atoms with Crippen molar-refractivity contribution in [2.75, 3.05) is 0 Å². The van der Waals surface area contributed by atoms with Crippen LogP contribution in [0.2, 0.25) is 0 Å². The van der Waals surface area contributed by atoms with Crippen molar-refractivity contribution in [2.45, 2.75) is 38.1 Å². The van der Waals surface area contributed by atoms with Crippen LogP contribution in [0.5, 0.6) is 0 Å². The number of amides is 1. The summed E-state index contributed by atoms with van der Waals surface area (Å²) in [4.78, 5) is 23.2. The highest BCUT2D eigenvalue weighted by molar-refractivity contribution is 9.10. The number of rotatable bonds is 6. The van der Waals surface area contributed by atoms with E-state index in [1.807, 2.05) is 0 Å². The fourth-order valence-corrected chi connectivity index (χ4v) is 2.56. The van der Waals surface area contributed by atoms with Crippen LogP contribution in [0, 0.1) is 5.92 Å². The molecule has 5 heteroatoms. The largest absolute Gasteiger partial charge is 0.479 e. The zero-order valence-corrected chi connectivity index (χ0v) is 12.7. The Balaban J connectivity index is 1.92. The average molecular weight is 340 g/mol. The van der Waals surface area contributed by atoms with Gasteiger partial charge < -0.3 is 10.4 Å². The first-order chi connectivity index (χ1) is 9.56. The Morgan fingerprint density at radius 1 is 1.30 bits per heavy atom. The number of hydrogen-bond donors (Lipinski definition) is 2. The number of halogens is 1.